The average molecular weight is 472 g/mol. The SMILES string of the molecule is CCOC(=O)c1ccc(NC(=O)COc2c(-c3ccccc3)oc3cc(C)c(C)cc3c2=O)cc1. The third-order valence-electron chi connectivity index (χ3n) is 5.53. The second-order valence-electron chi connectivity index (χ2n) is 8.02. The maximum atomic E-state index is 13.4. The molecule has 1 aromatic heterocycles. The largest absolute Gasteiger partial charge is 0.476 e. The summed E-state index contributed by atoms with van der Waals surface area (Å²) in [5.74, 6) is -0.666. The lowest BCUT2D eigenvalue weighted by Gasteiger charge is -2.13. The van der Waals surface area contributed by atoms with Gasteiger partial charge in [-0.25, -0.2) is 4.79 Å². The minimum atomic E-state index is -0.465. The first-order valence-corrected chi connectivity index (χ1v) is 11.2. The van der Waals surface area contributed by atoms with Crippen molar-refractivity contribution in [2.24, 2.45) is 0 Å². The number of esters is 1. The zero-order chi connectivity index (χ0) is 24.9. The zero-order valence-electron chi connectivity index (χ0n) is 19.7. The molecule has 4 aromatic rings. The Kier molecular flexibility index (Phi) is 6.96. The third kappa shape index (κ3) is 5.24. The number of hydrogen-bond acceptors (Lipinski definition) is 6. The Morgan fingerprint density at radius 3 is 2.31 bits per heavy atom. The first-order valence-electron chi connectivity index (χ1n) is 11.2. The lowest BCUT2D eigenvalue weighted by atomic mass is 10.0. The number of benzene rings is 3. The van der Waals surface area contributed by atoms with Crippen molar-refractivity contribution in [3.05, 3.63) is 93.6 Å². The van der Waals surface area contributed by atoms with Gasteiger partial charge in [-0.2, -0.15) is 0 Å². The van der Waals surface area contributed by atoms with E-state index in [1.165, 1.54) is 0 Å². The predicted octanol–water partition coefficient (Wildman–Crippen LogP) is 5.27. The standard InChI is InChI=1S/C28H25NO6/c1-4-33-28(32)20-10-12-21(13-11-20)29-24(30)16-34-27-25(31)22-14-17(2)18(3)15-23(22)35-26(27)19-8-6-5-7-9-19/h5-15H,4,16H2,1-3H3,(H,29,30). The molecule has 1 N–H and O–H groups in total. The molecule has 0 spiro atoms. The van der Waals surface area contributed by atoms with Crippen LogP contribution < -0.4 is 15.5 Å². The highest BCUT2D eigenvalue weighted by atomic mass is 16.5. The van der Waals surface area contributed by atoms with Crippen LogP contribution in [0, 0.1) is 13.8 Å². The van der Waals surface area contributed by atoms with E-state index in [1.807, 2.05) is 50.2 Å². The summed E-state index contributed by atoms with van der Waals surface area (Å²) in [6.07, 6.45) is 0. The van der Waals surface area contributed by atoms with Crippen LogP contribution in [0.15, 0.2) is 75.9 Å². The molecule has 0 radical (unpaired) electrons. The second kappa shape index (κ2) is 10.3. The van der Waals surface area contributed by atoms with E-state index in [0.29, 0.717) is 27.8 Å². The van der Waals surface area contributed by atoms with Gasteiger partial charge in [0.15, 0.2) is 12.4 Å². The average Bonchev–Trinajstić information content (AvgIpc) is 2.86. The Hall–Kier alpha value is -4.39. The van der Waals surface area contributed by atoms with Gasteiger partial charge < -0.3 is 19.2 Å². The van der Waals surface area contributed by atoms with Crippen LogP contribution in [0.4, 0.5) is 5.69 Å². The molecule has 1 heterocycles. The monoisotopic (exact) mass is 471 g/mol. The molecule has 4 rings (SSSR count). The van der Waals surface area contributed by atoms with Gasteiger partial charge in [-0.15, -0.1) is 0 Å². The quantitative estimate of drug-likeness (QED) is 0.369. The number of nitrogens with one attached hydrogen (secondary N) is 1. The molecule has 0 fully saturated rings. The van der Waals surface area contributed by atoms with Gasteiger partial charge in [0.05, 0.1) is 17.6 Å². The molecule has 35 heavy (non-hydrogen) atoms. The van der Waals surface area contributed by atoms with Crippen molar-refractivity contribution in [3.8, 4) is 17.1 Å². The highest BCUT2D eigenvalue weighted by molar-refractivity contribution is 5.94. The molecule has 178 valence electrons. The number of ether oxygens (including phenoxy) is 2. The predicted molar refractivity (Wildman–Crippen MR) is 134 cm³/mol. The van der Waals surface area contributed by atoms with Gasteiger partial charge in [-0.3, -0.25) is 9.59 Å². The maximum absolute atomic E-state index is 13.4. The molecule has 7 nitrogen and oxygen atoms in total. The maximum Gasteiger partial charge on any atom is 0.338 e. The lowest BCUT2D eigenvalue weighted by Crippen LogP contribution is -2.22. The van der Waals surface area contributed by atoms with Crippen molar-refractivity contribution in [1.82, 2.24) is 0 Å². The van der Waals surface area contributed by atoms with Crippen LogP contribution in [0.5, 0.6) is 5.75 Å². The molecule has 7 heteroatoms. The Bertz CT molecular complexity index is 1440. The number of hydrogen-bond donors (Lipinski definition) is 1. The normalized spacial score (nSPS) is 10.7. The minimum Gasteiger partial charge on any atom is -0.476 e. The van der Waals surface area contributed by atoms with Crippen molar-refractivity contribution in [3.63, 3.8) is 0 Å². The van der Waals surface area contributed by atoms with Gasteiger partial charge in [0, 0.05) is 11.3 Å². The number of carbonyl (C=O) groups is 2. The van der Waals surface area contributed by atoms with Crippen molar-refractivity contribution in [1.29, 1.82) is 0 Å². The Balaban J connectivity index is 1.59. The fourth-order valence-corrected chi connectivity index (χ4v) is 3.58. The van der Waals surface area contributed by atoms with E-state index in [2.05, 4.69) is 5.32 Å². The van der Waals surface area contributed by atoms with Crippen molar-refractivity contribution in [2.75, 3.05) is 18.5 Å². The summed E-state index contributed by atoms with van der Waals surface area (Å²) in [6.45, 7) is 5.47. The van der Waals surface area contributed by atoms with Gasteiger partial charge in [-0.05, 0) is 68.3 Å². The Morgan fingerprint density at radius 2 is 1.63 bits per heavy atom. The lowest BCUT2D eigenvalue weighted by molar-refractivity contribution is -0.118. The second-order valence-corrected chi connectivity index (χ2v) is 8.02. The van der Waals surface area contributed by atoms with E-state index in [9.17, 15) is 14.4 Å². The van der Waals surface area contributed by atoms with Crippen molar-refractivity contribution in [2.45, 2.75) is 20.8 Å². The first kappa shape index (κ1) is 23.8. The molecular formula is C28H25NO6. The van der Waals surface area contributed by atoms with E-state index >= 15 is 0 Å². The Morgan fingerprint density at radius 1 is 0.943 bits per heavy atom. The summed E-state index contributed by atoms with van der Waals surface area (Å²) in [5.41, 5.74) is 3.58. The van der Waals surface area contributed by atoms with Crippen molar-refractivity contribution < 1.29 is 23.5 Å². The number of amides is 1. The summed E-state index contributed by atoms with van der Waals surface area (Å²) < 4.78 is 16.8. The number of rotatable bonds is 7. The van der Waals surface area contributed by atoms with Crippen LogP contribution in [-0.2, 0) is 9.53 Å². The van der Waals surface area contributed by atoms with Gasteiger partial charge in [0.25, 0.3) is 5.91 Å². The smallest absolute Gasteiger partial charge is 0.338 e. The molecule has 1 amide bonds. The fraction of sp³-hybridized carbons (Fsp3) is 0.179. The molecule has 0 atom stereocenters. The molecule has 0 saturated carbocycles. The van der Waals surface area contributed by atoms with Crippen LogP contribution in [0.2, 0.25) is 0 Å². The summed E-state index contributed by atoms with van der Waals surface area (Å²) in [6, 6.07) is 19.0. The molecule has 0 aliphatic heterocycles. The minimum absolute atomic E-state index is 0.0280. The van der Waals surface area contributed by atoms with Crippen LogP contribution in [0.3, 0.4) is 0 Å². The molecule has 0 bridgehead atoms. The topological polar surface area (TPSA) is 94.8 Å². The van der Waals surface area contributed by atoms with E-state index in [4.69, 9.17) is 13.9 Å². The van der Waals surface area contributed by atoms with Gasteiger partial charge in [0.2, 0.25) is 11.2 Å². The number of fused-ring (bicyclic) bond motifs is 1. The van der Waals surface area contributed by atoms with Crippen LogP contribution in [0.1, 0.15) is 28.4 Å². The summed E-state index contributed by atoms with van der Waals surface area (Å²) >= 11 is 0. The Labute approximate surface area is 202 Å². The van der Waals surface area contributed by atoms with E-state index in [0.717, 1.165) is 11.1 Å². The molecule has 0 aliphatic rings. The molecular weight excluding hydrogens is 446 g/mol. The molecule has 3 aromatic carbocycles. The van der Waals surface area contributed by atoms with E-state index < -0.39 is 18.5 Å². The molecule has 0 saturated heterocycles. The summed E-state index contributed by atoms with van der Waals surface area (Å²) in [4.78, 5) is 37.7. The highest BCUT2D eigenvalue weighted by Crippen LogP contribution is 2.31. The van der Waals surface area contributed by atoms with Crippen LogP contribution in [-0.4, -0.2) is 25.1 Å². The fourth-order valence-electron chi connectivity index (χ4n) is 3.58. The molecule has 0 aliphatic carbocycles. The van der Waals surface area contributed by atoms with Crippen LogP contribution >= 0.6 is 0 Å². The summed E-state index contributed by atoms with van der Waals surface area (Å²) in [7, 11) is 0. The van der Waals surface area contributed by atoms with Crippen LogP contribution in [0.25, 0.3) is 22.3 Å². The van der Waals surface area contributed by atoms with E-state index in [-0.39, 0.29) is 23.5 Å². The number of anilines is 1. The van der Waals surface area contributed by atoms with Gasteiger partial charge >= 0.3 is 5.97 Å². The first-order chi connectivity index (χ1) is 16.9. The third-order valence-corrected chi connectivity index (χ3v) is 5.53. The number of aryl methyl sites for hydroxylation is 2. The van der Waals surface area contributed by atoms with Gasteiger partial charge in [0.1, 0.15) is 5.58 Å². The zero-order valence-corrected chi connectivity index (χ0v) is 19.7. The number of carbonyl (C=O) groups excluding carboxylic acids is 2. The highest BCUT2D eigenvalue weighted by Gasteiger charge is 2.19. The van der Waals surface area contributed by atoms with Crippen molar-refractivity contribution >= 4 is 28.5 Å². The van der Waals surface area contributed by atoms with E-state index in [1.54, 1.807) is 37.3 Å². The molecule has 0 unspecified atom stereocenters. The summed E-state index contributed by atoms with van der Waals surface area (Å²) in [5, 5.41) is 3.08. The van der Waals surface area contributed by atoms with Gasteiger partial charge in [-0.1, -0.05) is 30.3 Å².